The first-order chi connectivity index (χ1) is 7.13. The predicted molar refractivity (Wildman–Crippen MR) is 53.4 cm³/mol. The van der Waals surface area contributed by atoms with E-state index in [1.165, 1.54) is 0 Å². The molecule has 15 heavy (non-hydrogen) atoms. The lowest BCUT2D eigenvalue weighted by Gasteiger charge is -2.02. The summed E-state index contributed by atoms with van der Waals surface area (Å²) in [5.41, 5.74) is 5.35. The summed E-state index contributed by atoms with van der Waals surface area (Å²) in [6.45, 7) is 0.428. The Morgan fingerprint density at radius 3 is 2.73 bits per heavy atom. The highest BCUT2D eigenvalue weighted by molar-refractivity contribution is 5.80. The van der Waals surface area contributed by atoms with E-state index in [1.807, 2.05) is 0 Å². The second-order valence-corrected chi connectivity index (χ2v) is 3.34. The van der Waals surface area contributed by atoms with Crippen LogP contribution >= 0.6 is 0 Å². The molecule has 0 aliphatic rings. The fourth-order valence-electron chi connectivity index (χ4n) is 1.28. The summed E-state index contributed by atoms with van der Waals surface area (Å²) in [6.07, 6.45) is 0.825. The van der Waals surface area contributed by atoms with Crippen molar-refractivity contribution in [3.05, 3.63) is 35.4 Å². The highest BCUT2D eigenvalue weighted by Gasteiger charge is 2.08. The van der Waals surface area contributed by atoms with E-state index in [2.05, 4.69) is 0 Å². The Kier molecular flexibility index (Phi) is 4.37. The Labute approximate surface area is 87.1 Å². The fraction of sp³-hybridized carbons (Fsp3) is 0.364. The van der Waals surface area contributed by atoms with Gasteiger partial charge in [-0.15, -0.1) is 0 Å². The number of hydrogen-bond acceptors (Lipinski definition) is 2. The van der Waals surface area contributed by atoms with Crippen molar-refractivity contribution in [1.29, 1.82) is 0 Å². The van der Waals surface area contributed by atoms with E-state index in [1.54, 1.807) is 0 Å². The lowest BCUT2D eigenvalue weighted by molar-refractivity contribution is -0.118. The van der Waals surface area contributed by atoms with Crippen LogP contribution in [0.15, 0.2) is 18.2 Å². The van der Waals surface area contributed by atoms with Crippen LogP contribution in [0, 0.1) is 11.6 Å². The second kappa shape index (κ2) is 5.56. The van der Waals surface area contributed by atoms with Crippen molar-refractivity contribution >= 4 is 5.78 Å². The third-order valence-electron chi connectivity index (χ3n) is 2.06. The van der Waals surface area contributed by atoms with Gasteiger partial charge >= 0.3 is 0 Å². The minimum atomic E-state index is -0.544. The summed E-state index contributed by atoms with van der Waals surface area (Å²) in [4.78, 5) is 11.3. The molecule has 0 saturated carbocycles. The van der Waals surface area contributed by atoms with Crippen LogP contribution in [-0.4, -0.2) is 12.3 Å². The number of ketones is 1. The zero-order valence-electron chi connectivity index (χ0n) is 8.30. The summed E-state index contributed by atoms with van der Waals surface area (Å²) in [7, 11) is 0. The van der Waals surface area contributed by atoms with Gasteiger partial charge in [0.1, 0.15) is 17.4 Å². The average Bonchev–Trinajstić information content (AvgIpc) is 2.20. The number of carbonyl (C=O) groups excluding carboxylic acids is 1. The van der Waals surface area contributed by atoms with Gasteiger partial charge in [0.15, 0.2) is 0 Å². The summed E-state index contributed by atoms with van der Waals surface area (Å²) in [5.74, 6) is -1.19. The van der Waals surface area contributed by atoms with Crippen molar-refractivity contribution in [2.24, 2.45) is 5.73 Å². The van der Waals surface area contributed by atoms with E-state index in [0.717, 1.165) is 18.2 Å². The zero-order chi connectivity index (χ0) is 11.3. The molecule has 1 rings (SSSR count). The molecule has 0 unspecified atom stereocenters. The van der Waals surface area contributed by atoms with Crippen LogP contribution in [0.25, 0.3) is 0 Å². The number of hydrogen-bond donors (Lipinski definition) is 1. The van der Waals surface area contributed by atoms with Gasteiger partial charge in [-0.05, 0) is 36.7 Å². The second-order valence-electron chi connectivity index (χ2n) is 3.34. The van der Waals surface area contributed by atoms with E-state index >= 15 is 0 Å². The van der Waals surface area contributed by atoms with E-state index in [0.29, 0.717) is 19.4 Å². The van der Waals surface area contributed by atoms with Gasteiger partial charge in [-0.3, -0.25) is 4.79 Å². The predicted octanol–water partition coefficient (Wildman–Crippen LogP) is 1.82. The number of carbonyl (C=O) groups is 1. The van der Waals surface area contributed by atoms with Crippen LogP contribution in [-0.2, 0) is 11.2 Å². The standard InChI is InChI=1S/C11H13F2NO/c12-9-3-4-11(13)8(6-9)7-10(15)2-1-5-14/h3-4,6H,1-2,5,7,14H2. The SMILES string of the molecule is NCCCC(=O)Cc1cc(F)ccc1F. The molecule has 0 aliphatic heterocycles. The van der Waals surface area contributed by atoms with Crippen LogP contribution in [0.5, 0.6) is 0 Å². The first-order valence-corrected chi connectivity index (χ1v) is 4.79. The molecule has 2 N–H and O–H groups in total. The molecule has 0 spiro atoms. The molecule has 82 valence electrons. The molecule has 0 heterocycles. The first-order valence-electron chi connectivity index (χ1n) is 4.79. The minimum absolute atomic E-state index is 0.0659. The third kappa shape index (κ3) is 3.75. The van der Waals surface area contributed by atoms with Gasteiger partial charge in [0.05, 0.1) is 0 Å². The molecule has 0 aromatic heterocycles. The average molecular weight is 213 g/mol. The van der Waals surface area contributed by atoms with E-state index in [4.69, 9.17) is 5.73 Å². The topological polar surface area (TPSA) is 43.1 Å². The monoisotopic (exact) mass is 213 g/mol. The molecule has 2 nitrogen and oxygen atoms in total. The summed E-state index contributed by atoms with van der Waals surface area (Å²) >= 11 is 0. The van der Waals surface area contributed by atoms with Crippen molar-refractivity contribution in [3.8, 4) is 0 Å². The number of rotatable bonds is 5. The molecule has 0 amide bonds. The lowest BCUT2D eigenvalue weighted by atomic mass is 10.1. The molecule has 0 radical (unpaired) electrons. The number of Topliss-reactive ketones (excluding diaryl/α,β-unsaturated/α-hetero) is 1. The normalized spacial score (nSPS) is 10.3. The lowest BCUT2D eigenvalue weighted by Crippen LogP contribution is -2.08. The molecule has 0 aliphatic carbocycles. The van der Waals surface area contributed by atoms with Gasteiger partial charge in [-0.1, -0.05) is 0 Å². The number of benzene rings is 1. The molecule has 1 aromatic carbocycles. The van der Waals surface area contributed by atoms with Gasteiger partial charge in [0.25, 0.3) is 0 Å². The minimum Gasteiger partial charge on any atom is -0.330 e. The number of halogens is 2. The van der Waals surface area contributed by atoms with Crippen molar-refractivity contribution in [2.45, 2.75) is 19.3 Å². The van der Waals surface area contributed by atoms with Crippen molar-refractivity contribution in [2.75, 3.05) is 6.54 Å². The van der Waals surface area contributed by atoms with Gasteiger partial charge in [0, 0.05) is 12.8 Å². The molecule has 0 saturated heterocycles. The maximum absolute atomic E-state index is 13.1. The van der Waals surface area contributed by atoms with Crippen LogP contribution in [0.2, 0.25) is 0 Å². The van der Waals surface area contributed by atoms with Crippen LogP contribution in [0.4, 0.5) is 8.78 Å². The molecule has 0 atom stereocenters. The summed E-state index contributed by atoms with van der Waals surface area (Å²) < 4.78 is 25.9. The van der Waals surface area contributed by atoms with Crippen LogP contribution in [0.1, 0.15) is 18.4 Å². The van der Waals surface area contributed by atoms with Crippen LogP contribution < -0.4 is 5.73 Å². The van der Waals surface area contributed by atoms with Gasteiger partial charge < -0.3 is 5.73 Å². The maximum atomic E-state index is 13.1. The van der Waals surface area contributed by atoms with E-state index in [9.17, 15) is 13.6 Å². The smallest absolute Gasteiger partial charge is 0.137 e. The first kappa shape index (κ1) is 11.8. The molecule has 4 heteroatoms. The summed E-state index contributed by atoms with van der Waals surface area (Å²) in [6, 6.07) is 3.11. The molecule has 0 bridgehead atoms. The van der Waals surface area contributed by atoms with Crippen LogP contribution in [0.3, 0.4) is 0 Å². The largest absolute Gasteiger partial charge is 0.330 e. The Morgan fingerprint density at radius 1 is 1.33 bits per heavy atom. The molecule has 0 fully saturated rings. The maximum Gasteiger partial charge on any atom is 0.137 e. The van der Waals surface area contributed by atoms with E-state index in [-0.39, 0.29) is 17.8 Å². The zero-order valence-corrected chi connectivity index (χ0v) is 8.30. The van der Waals surface area contributed by atoms with Crippen molar-refractivity contribution in [3.63, 3.8) is 0 Å². The third-order valence-corrected chi connectivity index (χ3v) is 2.06. The van der Waals surface area contributed by atoms with Gasteiger partial charge in [-0.25, -0.2) is 8.78 Å². The van der Waals surface area contributed by atoms with Crippen molar-refractivity contribution in [1.82, 2.24) is 0 Å². The highest BCUT2D eigenvalue weighted by atomic mass is 19.1. The van der Waals surface area contributed by atoms with Gasteiger partial charge in [-0.2, -0.15) is 0 Å². The van der Waals surface area contributed by atoms with E-state index < -0.39 is 11.6 Å². The van der Waals surface area contributed by atoms with Crippen molar-refractivity contribution < 1.29 is 13.6 Å². The Morgan fingerprint density at radius 2 is 2.07 bits per heavy atom. The molecule has 1 aromatic rings. The molecular weight excluding hydrogens is 200 g/mol. The Bertz CT molecular complexity index is 352. The molecular formula is C11H13F2NO. The Balaban J connectivity index is 2.63. The quantitative estimate of drug-likeness (QED) is 0.810. The summed E-state index contributed by atoms with van der Waals surface area (Å²) in [5, 5.41) is 0. The highest BCUT2D eigenvalue weighted by Crippen LogP contribution is 2.11. The van der Waals surface area contributed by atoms with Gasteiger partial charge in [0.2, 0.25) is 0 Å². The number of nitrogens with two attached hydrogens (primary N) is 1. The Hall–Kier alpha value is -1.29. The fourth-order valence-corrected chi connectivity index (χ4v) is 1.28.